The normalized spacial score (nSPS) is 18.3. The maximum absolute atomic E-state index is 15.4. The zero-order valence-corrected chi connectivity index (χ0v) is 58.0. The molecule has 5 aromatic carbocycles. The number of hydrogen-bond donors (Lipinski definition) is 5. The zero-order valence-electron chi connectivity index (χ0n) is 57.1. The molecule has 5 N–H and O–H groups in total. The number of halogens is 1. The Bertz CT molecular complexity index is 4100. The van der Waals surface area contributed by atoms with Crippen LogP contribution >= 0.6 is 7.82 Å². The summed E-state index contributed by atoms with van der Waals surface area (Å²) in [6.45, 7) is 17.2. The second-order valence-corrected chi connectivity index (χ2v) is 29.5. The Hall–Kier alpha value is -7.85. The molecule has 0 saturated carbocycles. The topological polar surface area (TPSA) is 197 Å². The fourth-order valence-electron chi connectivity index (χ4n) is 16.2. The number of aryl methyl sites for hydroxylation is 5. The molecule has 0 aliphatic carbocycles. The summed E-state index contributed by atoms with van der Waals surface area (Å²) in [5.41, 5.74) is 17.9. The van der Waals surface area contributed by atoms with Gasteiger partial charge in [-0.15, -0.1) is 0 Å². The van der Waals surface area contributed by atoms with Crippen molar-refractivity contribution in [2.45, 2.75) is 180 Å². The molecule has 0 spiro atoms. The van der Waals surface area contributed by atoms with Crippen molar-refractivity contribution >= 4 is 75.9 Å². The maximum Gasteiger partial charge on any atom is 0.317 e. The van der Waals surface area contributed by atoms with E-state index >= 15 is 4.39 Å². The number of alkyl halides is 1. The number of nitrogens with zero attached hydrogens (tertiary/aromatic N) is 4. The summed E-state index contributed by atoms with van der Waals surface area (Å²) in [4.78, 5) is 73.3. The minimum atomic E-state index is -5.24. The van der Waals surface area contributed by atoms with Gasteiger partial charge in [0.2, 0.25) is 29.0 Å². The molecule has 7 heterocycles. The Morgan fingerprint density at radius 2 is 1.35 bits per heavy atom. The Kier molecular flexibility index (Phi) is 20.9. The molecule has 96 heavy (non-hydrogen) atoms. The number of nitrogens with one attached hydrogen (secondary N) is 4. The van der Waals surface area contributed by atoms with Crippen molar-refractivity contribution in [3.05, 3.63) is 165 Å². The van der Waals surface area contributed by atoms with Crippen LogP contribution in [0.25, 0.3) is 21.9 Å². The molecular weight excluding hydrogens is 1230 g/mol. The number of carbonyl (C=O) groups is 3. The van der Waals surface area contributed by atoms with Crippen molar-refractivity contribution in [3.8, 4) is 5.75 Å². The summed E-state index contributed by atoms with van der Waals surface area (Å²) in [6, 6.07) is 25.4. The van der Waals surface area contributed by atoms with Crippen LogP contribution in [0.2, 0.25) is 0 Å². The first-order chi connectivity index (χ1) is 46.3. The number of amides is 3. The molecule has 0 saturated heterocycles. The summed E-state index contributed by atoms with van der Waals surface area (Å²) in [7, 11) is -3.10. The molecule has 0 fully saturated rings. The van der Waals surface area contributed by atoms with Gasteiger partial charge in [-0.1, -0.05) is 99.4 Å². The summed E-state index contributed by atoms with van der Waals surface area (Å²) < 4.78 is 40.9. The predicted octanol–water partition coefficient (Wildman–Crippen LogP) is 11.3. The van der Waals surface area contributed by atoms with Gasteiger partial charge in [-0.3, -0.25) is 18.9 Å². The number of phosphoric acid groups is 1. The number of carbonyl (C=O) groups excluding carboxylic acids is 3. The van der Waals surface area contributed by atoms with Crippen LogP contribution in [-0.4, -0.2) is 98.3 Å². The SMILES string of the molecule is Cc1ccc(OP(=O)([O-])O)c(C(F)C(=O)NCCCCCCNC(=O)C(CCCC[NH+]=c2c3cc4c5c(c3oc3c6c7c(cc23)CCCN7CCC6)CCCN5CCC4)NC(=O)CCCCCN2C(=CC=CC=CC3=[N+](C)c4ccccc4C3(C)C)C(C)(C)c3ccccc32)c1. The van der Waals surface area contributed by atoms with Gasteiger partial charge in [0.25, 0.3) is 5.91 Å². The van der Waals surface area contributed by atoms with E-state index in [0.29, 0.717) is 63.6 Å². The van der Waals surface area contributed by atoms with E-state index in [1.54, 1.807) is 6.92 Å². The van der Waals surface area contributed by atoms with Crippen LogP contribution in [0.5, 0.6) is 5.75 Å². The van der Waals surface area contributed by atoms with Gasteiger partial charge in [0.15, 0.2) is 5.71 Å². The smallest absolute Gasteiger partial charge is 0.317 e. The van der Waals surface area contributed by atoms with Gasteiger partial charge >= 0.3 is 7.82 Å². The number of rotatable bonds is 27. The van der Waals surface area contributed by atoms with E-state index in [1.807, 2.05) is 0 Å². The van der Waals surface area contributed by atoms with Crippen molar-refractivity contribution in [1.29, 1.82) is 0 Å². The van der Waals surface area contributed by atoms with Gasteiger partial charge in [0.1, 0.15) is 36.5 Å². The molecule has 12 rings (SSSR count). The standard InChI is InChI=1S/C78H96FN8O8P/c1-52-39-40-65(95-96(91,92)93)57(49-52)69(79)76(90)82-43-20-8-7-19-42-81-75(89)62(33-18-21-41-80-70-58-50-53-27-23-44-85-46-25-29-55(71(53)85)73(58)94-74-56-30-26-47-86-45-24-28-54(72(56)86)51-59(70)74)83-68(88)38-13-10-22-48-87-64-35-17-15-32-61(64)78(4,5)67(87)37-12-9-11-36-66-77(2,3)60-31-14-16-34-63(60)84(66)6/h9,11-12,14-17,31-32,34-37,39-40,49-51,62,69H,7-8,10,13,18-30,33,38,41-48H2,1-6H3,(H4-,81,82,83,88,89,90,91,92,93)/p+1. The Balaban J connectivity index is 0.691. The largest absolute Gasteiger partial charge is 0.746 e. The molecule has 0 bridgehead atoms. The Labute approximate surface area is 565 Å². The predicted molar refractivity (Wildman–Crippen MR) is 378 cm³/mol. The van der Waals surface area contributed by atoms with Crippen LogP contribution in [-0.2, 0) is 55.5 Å². The third kappa shape index (κ3) is 14.6. The number of benzene rings is 5. The zero-order chi connectivity index (χ0) is 67.3. The highest BCUT2D eigenvalue weighted by molar-refractivity contribution is 7.45. The van der Waals surface area contributed by atoms with Crippen molar-refractivity contribution in [2.75, 3.05) is 74.1 Å². The minimum Gasteiger partial charge on any atom is -0.746 e. The van der Waals surface area contributed by atoms with Gasteiger partial charge < -0.3 is 49.4 Å². The number of allylic oxidation sites excluding steroid dienone is 6. The van der Waals surface area contributed by atoms with E-state index in [2.05, 4.69) is 171 Å². The molecule has 3 amide bonds. The van der Waals surface area contributed by atoms with Crippen LogP contribution in [0.15, 0.2) is 119 Å². The molecule has 0 radical (unpaired) electrons. The number of anilines is 3. The Morgan fingerprint density at radius 1 is 0.740 bits per heavy atom. The van der Waals surface area contributed by atoms with Crippen molar-refractivity contribution < 1.29 is 51.6 Å². The molecule has 3 atom stereocenters. The fourth-order valence-corrected chi connectivity index (χ4v) is 16.6. The molecule has 6 aromatic rings. The van der Waals surface area contributed by atoms with Crippen molar-refractivity contribution in [1.82, 2.24) is 16.0 Å². The summed E-state index contributed by atoms with van der Waals surface area (Å²) in [6.07, 6.45) is 24.6. The van der Waals surface area contributed by atoms with E-state index in [4.69, 9.17) is 4.42 Å². The average molecular weight is 1320 g/mol. The van der Waals surface area contributed by atoms with Crippen LogP contribution in [0.1, 0.15) is 175 Å². The first kappa shape index (κ1) is 68.1. The number of para-hydroxylation sites is 2. The lowest BCUT2D eigenvalue weighted by molar-refractivity contribution is -0.498. The van der Waals surface area contributed by atoms with E-state index in [0.717, 1.165) is 137 Å². The third-order valence-electron chi connectivity index (χ3n) is 20.9. The lowest BCUT2D eigenvalue weighted by atomic mass is 9.81. The monoisotopic (exact) mass is 1320 g/mol. The van der Waals surface area contributed by atoms with E-state index in [9.17, 15) is 28.7 Å². The average Bonchev–Trinajstić information content (AvgIpc) is 1.19. The second-order valence-electron chi connectivity index (χ2n) is 28.3. The van der Waals surface area contributed by atoms with Crippen LogP contribution < -0.4 is 50.4 Å². The summed E-state index contributed by atoms with van der Waals surface area (Å²) >= 11 is 0. The highest BCUT2D eigenvalue weighted by Gasteiger charge is 2.43. The summed E-state index contributed by atoms with van der Waals surface area (Å²) in [5, 5.41) is 12.3. The molecule has 6 aliphatic heterocycles. The minimum absolute atomic E-state index is 0.100. The highest BCUT2D eigenvalue weighted by Crippen LogP contribution is 2.49. The quantitative estimate of drug-likeness (QED) is 0.0108. The molecule has 1 aromatic heterocycles. The summed E-state index contributed by atoms with van der Waals surface area (Å²) in [5.74, 6) is -1.76. The van der Waals surface area contributed by atoms with Gasteiger partial charge in [0, 0.05) is 121 Å². The number of hydrogen-bond acceptors (Lipinski definition) is 10. The molecule has 18 heteroatoms. The lowest BCUT2D eigenvalue weighted by Crippen LogP contribution is -2.77. The molecule has 3 unspecified atom stereocenters. The fraction of sp³-hybridized carbons (Fsp3) is 0.474. The van der Waals surface area contributed by atoms with Crippen LogP contribution in [0.4, 0.5) is 27.1 Å². The number of fused-ring (bicyclic) bond motifs is 6. The third-order valence-corrected chi connectivity index (χ3v) is 21.3. The first-order valence-corrected chi connectivity index (χ1v) is 36.9. The molecular formula is C78H97FN8O8P+. The lowest BCUT2D eigenvalue weighted by Gasteiger charge is -2.38. The van der Waals surface area contributed by atoms with E-state index < -0.39 is 31.7 Å². The first-order valence-electron chi connectivity index (χ1n) is 35.4. The van der Waals surface area contributed by atoms with Crippen molar-refractivity contribution in [2.24, 2.45) is 0 Å². The van der Waals surface area contributed by atoms with E-state index in [-0.39, 0.29) is 34.8 Å². The van der Waals surface area contributed by atoms with Crippen LogP contribution in [0.3, 0.4) is 0 Å². The van der Waals surface area contributed by atoms with Gasteiger partial charge in [0.05, 0.1) is 16.2 Å². The van der Waals surface area contributed by atoms with Crippen molar-refractivity contribution in [3.63, 3.8) is 0 Å². The number of phosphoric ester groups is 1. The highest BCUT2D eigenvalue weighted by atomic mass is 31.2. The second kappa shape index (κ2) is 29.5. The molecule has 508 valence electrons. The number of unbranched alkanes of at least 4 members (excludes halogenated alkanes) is 6. The van der Waals surface area contributed by atoms with E-state index in [1.165, 1.54) is 85.7 Å². The Morgan fingerprint density at radius 3 is 2.01 bits per heavy atom. The van der Waals surface area contributed by atoms with Gasteiger partial charge in [-0.05, 0) is 164 Å². The van der Waals surface area contributed by atoms with Gasteiger partial charge in [-0.25, -0.2) is 9.38 Å². The van der Waals surface area contributed by atoms with Gasteiger partial charge in [-0.2, -0.15) is 4.58 Å². The van der Waals surface area contributed by atoms with Crippen LogP contribution in [0, 0.1) is 6.92 Å². The maximum atomic E-state index is 15.4. The molecule has 16 nitrogen and oxygen atoms in total. The molecule has 6 aliphatic rings.